The third-order valence-electron chi connectivity index (χ3n) is 6.53. The van der Waals surface area contributed by atoms with Crippen LogP contribution in [0.5, 0.6) is 11.5 Å². The highest BCUT2D eigenvalue weighted by molar-refractivity contribution is 5.46. The molecular formula is C31H49NO2. The second-order valence-corrected chi connectivity index (χ2v) is 9.50. The molecule has 190 valence electrons. The van der Waals surface area contributed by atoms with Gasteiger partial charge in [-0.1, -0.05) is 133 Å². The molecule has 0 atom stereocenters. The fourth-order valence-electron chi connectivity index (χ4n) is 4.42. The normalized spacial score (nSPS) is 11.0. The van der Waals surface area contributed by atoms with Gasteiger partial charge < -0.3 is 14.8 Å². The third-order valence-corrected chi connectivity index (χ3v) is 6.53. The summed E-state index contributed by atoms with van der Waals surface area (Å²) in [5, 5.41) is 3.60. The van der Waals surface area contributed by atoms with Crippen molar-refractivity contribution in [1.29, 1.82) is 0 Å². The van der Waals surface area contributed by atoms with Gasteiger partial charge in [-0.25, -0.2) is 0 Å². The Morgan fingerprint density at radius 1 is 0.647 bits per heavy atom. The van der Waals surface area contributed by atoms with Crippen LogP contribution in [0.3, 0.4) is 0 Å². The number of hydrogen-bond acceptors (Lipinski definition) is 3. The lowest BCUT2D eigenvalue weighted by Gasteiger charge is -2.16. The van der Waals surface area contributed by atoms with Crippen molar-refractivity contribution < 1.29 is 9.47 Å². The van der Waals surface area contributed by atoms with Crippen LogP contribution >= 0.6 is 0 Å². The Morgan fingerprint density at radius 2 is 1.24 bits per heavy atom. The van der Waals surface area contributed by atoms with Crippen molar-refractivity contribution in [3.8, 4) is 11.5 Å². The van der Waals surface area contributed by atoms with Gasteiger partial charge in [-0.05, 0) is 24.6 Å². The van der Waals surface area contributed by atoms with Gasteiger partial charge in [0.25, 0.3) is 0 Å². The topological polar surface area (TPSA) is 30.5 Å². The second kappa shape index (κ2) is 19.3. The molecule has 0 aliphatic rings. The summed E-state index contributed by atoms with van der Waals surface area (Å²) in [5.41, 5.74) is 2.32. The van der Waals surface area contributed by atoms with Crippen molar-refractivity contribution in [3.05, 3.63) is 59.7 Å². The van der Waals surface area contributed by atoms with Crippen molar-refractivity contribution in [3.63, 3.8) is 0 Å². The maximum atomic E-state index is 6.16. The number of hydrogen-bond donors (Lipinski definition) is 1. The van der Waals surface area contributed by atoms with Crippen LogP contribution in [0.15, 0.2) is 48.5 Å². The maximum absolute atomic E-state index is 6.16. The molecule has 0 saturated carbocycles. The molecule has 2 aromatic carbocycles. The van der Waals surface area contributed by atoms with Gasteiger partial charge in [-0.2, -0.15) is 0 Å². The van der Waals surface area contributed by atoms with E-state index < -0.39 is 0 Å². The van der Waals surface area contributed by atoms with Crippen LogP contribution in [0.1, 0.15) is 108 Å². The van der Waals surface area contributed by atoms with E-state index in [4.69, 9.17) is 9.47 Å². The van der Waals surface area contributed by atoms with E-state index in [2.05, 4.69) is 30.4 Å². The first-order valence-electron chi connectivity index (χ1n) is 13.9. The molecule has 0 amide bonds. The quantitative estimate of drug-likeness (QED) is 0.186. The minimum absolute atomic E-state index is 0.549. The van der Waals surface area contributed by atoms with Crippen LogP contribution in [0, 0.1) is 0 Å². The van der Waals surface area contributed by atoms with Crippen LogP contribution < -0.4 is 14.8 Å². The maximum Gasteiger partial charge on any atom is 0.166 e. The zero-order valence-corrected chi connectivity index (χ0v) is 22.0. The zero-order valence-electron chi connectivity index (χ0n) is 22.0. The summed E-state index contributed by atoms with van der Waals surface area (Å²) in [6.45, 7) is 4.69. The molecule has 0 unspecified atom stereocenters. The standard InChI is InChI=1S/C31H49NO2/c1-3-4-5-6-7-8-9-10-11-12-13-14-15-19-25-32-26-29-23-20-24-30(33-2)31(29)34-27-28-21-17-16-18-22-28/h16-18,20-24,32H,3-15,19,25-27H2,1-2H3. The molecule has 1 N–H and O–H groups in total. The highest BCUT2D eigenvalue weighted by atomic mass is 16.5. The summed E-state index contributed by atoms with van der Waals surface area (Å²) in [6.07, 6.45) is 19.6. The SMILES string of the molecule is CCCCCCCCCCCCCCCCNCc1cccc(OC)c1OCc1ccccc1. The number of para-hydroxylation sites is 1. The van der Waals surface area contributed by atoms with Gasteiger partial charge in [-0.3, -0.25) is 0 Å². The van der Waals surface area contributed by atoms with E-state index in [0.29, 0.717) is 6.61 Å². The van der Waals surface area contributed by atoms with Gasteiger partial charge in [0.15, 0.2) is 11.5 Å². The largest absolute Gasteiger partial charge is 0.493 e. The Hall–Kier alpha value is -2.00. The summed E-state index contributed by atoms with van der Waals surface area (Å²) in [6, 6.07) is 16.4. The van der Waals surface area contributed by atoms with E-state index in [1.54, 1.807) is 7.11 Å². The Balaban J connectivity index is 1.51. The first-order valence-corrected chi connectivity index (χ1v) is 13.9. The van der Waals surface area contributed by atoms with Crippen LogP contribution in [0.4, 0.5) is 0 Å². The minimum Gasteiger partial charge on any atom is -0.493 e. The number of methoxy groups -OCH3 is 1. The predicted molar refractivity (Wildman–Crippen MR) is 146 cm³/mol. The van der Waals surface area contributed by atoms with E-state index in [1.807, 2.05) is 30.3 Å². The zero-order chi connectivity index (χ0) is 24.1. The minimum atomic E-state index is 0.549. The lowest BCUT2D eigenvalue weighted by atomic mass is 10.0. The molecule has 0 spiro atoms. The number of nitrogens with one attached hydrogen (secondary N) is 1. The second-order valence-electron chi connectivity index (χ2n) is 9.50. The Kier molecular flexibility index (Phi) is 16.0. The van der Waals surface area contributed by atoms with Gasteiger partial charge in [-0.15, -0.1) is 0 Å². The molecule has 0 fully saturated rings. The van der Waals surface area contributed by atoms with Crippen molar-refractivity contribution in [2.75, 3.05) is 13.7 Å². The highest BCUT2D eigenvalue weighted by Crippen LogP contribution is 2.31. The molecule has 34 heavy (non-hydrogen) atoms. The van der Waals surface area contributed by atoms with E-state index in [9.17, 15) is 0 Å². The smallest absolute Gasteiger partial charge is 0.166 e. The Bertz CT molecular complexity index is 731. The van der Waals surface area contributed by atoms with E-state index in [1.165, 1.54) is 89.9 Å². The van der Waals surface area contributed by atoms with Crippen molar-refractivity contribution >= 4 is 0 Å². The lowest BCUT2D eigenvalue weighted by Crippen LogP contribution is -2.15. The average Bonchev–Trinajstić information content (AvgIpc) is 2.88. The fraction of sp³-hybridized carbons (Fsp3) is 0.613. The van der Waals surface area contributed by atoms with Gasteiger partial charge >= 0.3 is 0 Å². The molecule has 2 aromatic rings. The summed E-state index contributed by atoms with van der Waals surface area (Å²) < 4.78 is 11.7. The first kappa shape index (κ1) is 28.2. The van der Waals surface area contributed by atoms with Crippen LogP contribution in [-0.4, -0.2) is 13.7 Å². The van der Waals surface area contributed by atoms with Crippen LogP contribution in [0.2, 0.25) is 0 Å². The molecule has 0 radical (unpaired) electrons. The predicted octanol–water partition coefficient (Wildman–Crippen LogP) is 8.85. The third kappa shape index (κ3) is 12.5. The lowest BCUT2D eigenvalue weighted by molar-refractivity contribution is 0.280. The number of ether oxygens (including phenoxy) is 2. The fourth-order valence-corrected chi connectivity index (χ4v) is 4.42. The van der Waals surface area contributed by atoms with Crippen molar-refractivity contribution in [2.24, 2.45) is 0 Å². The first-order chi connectivity index (χ1) is 16.8. The van der Waals surface area contributed by atoms with Crippen LogP contribution in [0.25, 0.3) is 0 Å². The molecule has 0 bridgehead atoms. The summed E-state index contributed by atoms with van der Waals surface area (Å²) in [4.78, 5) is 0. The van der Waals surface area contributed by atoms with E-state index in [-0.39, 0.29) is 0 Å². The Morgan fingerprint density at radius 3 is 1.82 bits per heavy atom. The van der Waals surface area contributed by atoms with Crippen LogP contribution in [-0.2, 0) is 13.2 Å². The van der Waals surface area contributed by atoms with Gasteiger partial charge in [0.1, 0.15) is 6.61 Å². The van der Waals surface area contributed by atoms with E-state index in [0.717, 1.165) is 35.7 Å². The molecular weight excluding hydrogens is 418 g/mol. The monoisotopic (exact) mass is 467 g/mol. The average molecular weight is 468 g/mol. The molecule has 3 heteroatoms. The van der Waals surface area contributed by atoms with Crippen molar-refractivity contribution in [1.82, 2.24) is 5.32 Å². The number of benzene rings is 2. The molecule has 0 aliphatic carbocycles. The van der Waals surface area contributed by atoms with Crippen molar-refractivity contribution in [2.45, 2.75) is 110 Å². The molecule has 2 rings (SSSR count). The van der Waals surface area contributed by atoms with E-state index >= 15 is 0 Å². The molecule has 0 saturated heterocycles. The molecule has 3 nitrogen and oxygen atoms in total. The Labute approximate surface area is 209 Å². The molecule has 0 heterocycles. The highest BCUT2D eigenvalue weighted by Gasteiger charge is 2.10. The molecule has 0 aliphatic heterocycles. The molecule has 0 aromatic heterocycles. The summed E-state index contributed by atoms with van der Waals surface area (Å²) in [7, 11) is 1.70. The number of rotatable bonds is 21. The van der Waals surface area contributed by atoms with Gasteiger partial charge in [0.05, 0.1) is 7.11 Å². The van der Waals surface area contributed by atoms with Gasteiger partial charge in [0, 0.05) is 12.1 Å². The summed E-state index contributed by atoms with van der Waals surface area (Å²) >= 11 is 0. The summed E-state index contributed by atoms with van der Waals surface area (Å²) in [5.74, 6) is 1.65. The van der Waals surface area contributed by atoms with Gasteiger partial charge in [0.2, 0.25) is 0 Å². The number of unbranched alkanes of at least 4 members (excludes halogenated alkanes) is 13.